The zero-order valence-electron chi connectivity index (χ0n) is 8.52. The summed E-state index contributed by atoms with van der Waals surface area (Å²) in [4.78, 5) is 0. The van der Waals surface area contributed by atoms with Crippen molar-refractivity contribution in [3.8, 4) is 0 Å². The van der Waals surface area contributed by atoms with Gasteiger partial charge in [-0.2, -0.15) is 0 Å². The van der Waals surface area contributed by atoms with Crippen LogP contribution in [0.5, 0.6) is 0 Å². The lowest BCUT2D eigenvalue weighted by atomic mass is 9.89. The summed E-state index contributed by atoms with van der Waals surface area (Å²) in [5.74, 6) is 5.60. The molecule has 0 amide bonds. The summed E-state index contributed by atoms with van der Waals surface area (Å²) >= 11 is 0. The Morgan fingerprint density at radius 3 is 2.09 bits per heavy atom. The second-order valence-corrected chi connectivity index (χ2v) is 4.61. The smallest absolute Gasteiger partial charge is 0.0209 e. The average molecular weight is 158 g/mol. The van der Waals surface area contributed by atoms with E-state index >= 15 is 0 Å². The van der Waals surface area contributed by atoms with E-state index in [1.807, 2.05) is 7.05 Å². The van der Waals surface area contributed by atoms with E-state index in [1.54, 1.807) is 5.01 Å². The Kier molecular flexibility index (Phi) is 4.04. The maximum absolute atomic E-state index is 5.60. The van der Waals surface area contributed by atoms with Crippen LogP contribution in [0, 0.1) is 5.41 Å². The third kappa shape index (κ3) is 6.32. The third-order valence-corrected chi connectivity index (χ3v) is 2.01. The quantitative estimate of drug-likeness (QED) is 0.503. The fraction of sp³-hybridized carbons (Fsp3) is 1.00. The van der Waals surface area contributed by atoms with Crippen LogP contribution in [-0.4, -0.2) is 18.1 Å². The molecule has 0 aliphatic heterocycles. The van der Waals surface area contributed by atoms with Crippen LogP contribution in [0.3, 0.4) is 0 Å². The normalized spacial score (nSPS) is 15.5. The molecular weight excluding hydrogens is 136 g/mol. The first-order valence-electron chi connectivity index (χ1n) is 4.30. The monoisotopic (exact) mass is 158 g/mol. The van der Waals surface area contributed by atoms with E-state index < -0.39 is 0 Å². The fourth-order valence-corrected chi connectivity index (χ4v) is 0.846. The molecule has 0 aromatic heterocycles. The lowest BCUT2D eigenvalue weighted by molar-refractivity contribution is 0.223. The minimum atomic E-state index is 0.435. The highest BCUT2D eigenvalue weighted by molar-refractivity contribution is 4.66. The van der Waals surface area contributed by atoms with Crippen LogP contribution in [0.2, 0.25) is 0 Å². The first-order chi connectivity index (χ1) is 4.83. The van der Waals surface area contributed by atoms with Crippen LogP contribution in [0.1, 0.15) is 40.5 Å². The molecular formula is C9H22N2. The molecule has 0 spiro atoms. The molecule has 0 aromatic rings. The predicted molar refractivity (Wildman–Crippen MR) is 50.1 cm³/mol. The van der Waals surface area contributed by atoms with Crippen LogP contribution < -0.4 is 5.84 Å². The van der Waals surface area contributed by atoms with E-state index in [0.717, 1.165) is 0 Å². The Hall–Kier alpha value is -0.0800. The van der Waals surface area contributed by atoms with Gasteiger partial charge in [0.2, 0.25) is 0 Å². The van der Waals surface area contributed by atoms with Crippen molar-refractivity contribution in [1.29, 1.82) is 0 Å². The molecule has 0 aliphatic rings. The average Bonchev–Trinajstić information content (AvgIpc) is 1.80. The van der Waals surface area contributed by atoms with Crippen molar-refractivity contribution >= 4 is 0 Å². The predicted octanol–water partition coefficient (Wildman–Crippen LogP) is 2.01. The Morgan fingerprint density at radius 2 is 1.82 bits per heavy atom. The van der Waals surface area contributed by atoms with E-state index in [-0.39, 0.29) is 0 Å². The summed E-state index contributed by atoms with van der Waals surface area (Å²) in [7, 11) is 1.92. The van der Waals surface area contributed by atoms with Gasteiger partial charge in [0.25, 0.3) is 0 Å². The first kappa shape index (κ1) is 10.9. The summed E-state index contributed by atoms with van der Waals surface area (Å²) in [6, 6.07) is 0.495. The molecule has 0 saturated carbocycles. The third-order valence-electron chi connectivity index (χ3n) is 2.01. The highest BCUT2D eigenvalue weighted by Crippen LogP contribution is 2.21. The van der Waals surface area contributed by atoms with Crippen LogP contribution in [0.15, 0.2) is 0 Å². The van der Waals surface area contributed by atoms with Gasteiger partial charge in [0.15, 0.2) is 0 Å². The van der Waals surface area contributed by atoms with Crippen molar-refractivity contribution in [2.24, 2.45) is 11.3 Å². The van der Waals surface area contributed by atoms with Crippen LogP contribution in [-0.2, 0) is 0 Å². The Morgan fingerprint density at radius 1 is 1.36 bits per heavy atom. The molecule has 1 atom stereocenters. The molecule has 0 aliphatic carbocycles. The van der Waals surface area contributed by atoms with Crippen molar-refractivity contribution in [3.63, 3.8) is 0 Å². The van der Waals surface area contributed by atoms with E-state index in [2.05, 4.69) is 27.7 Å². The topological polar surface area (TPSA) is 29.3 Å². The summed E-state index contributed by atoms with van der Waals surface area (Å²) in [6.45, 7) is 8.94. The number of hydrazine groups is 1. The van der Waals surface area contributed by atoms with Gasteiger partial charge in [-0.1, -0.05) is 20.8 Å². The molecule has 0 saturated heterocycles. The van der Waals surface area contributed by atoms with E-state index in [0.29, 0.717) is 11.5 Å². The molecule has 0 aromatic carbocycles. The van der Waals surface area contributed by atoms with Crippen LogP contribution in [0.25, 0.3) is 0 Å². The summed E-state index contributed by atoms with van der Waals surface area (Å²) in [6.07, 6.45) is 2.41. The molecule has 11 heavy (non-hydrogen) atoms. The van der Waals surface area contributed by atoms with Gasteiger partial charge < -0.3 is 0 Å². The largest absolute Gasteiger partial charge is 0.269 e. The fourth-order valence-electron chi connectivity index (χ4n) is 0.846. The van der Waals surface area contributed by atoms with E-state index in [9.17, 15) is 0 Å². The molecule has 0 radical (unpaired) electrons. The highest BCUT2D eigenvalue weighted by atomic mass is 15.4. The number of hydrogen-bond acceptors (Lipinski definition) is 2. The minimum Gasteiger partial charge on any atom is -0.269 e. The zero-order valence-corrected chi connectivity index (χ0v) is 8.52. The Labute approximate surface area is 70.7 Å². The maximum Gasteiger partial charge on any atom is 0.0209 e. The summed E-state index contributed by atoms with van der Waals surface area (Å²) in [5.41, 5.74) is 0.435. The van der Waals surface area contributed by atoms with Gasteiger partial charge >= 0.3 is 0 Å². The second kappa shape index (κ2) is 4.07. The molecule has 0 fully saturated rings. The molecule has 2 nitrogen and oxygen atoms in total. The zero-order chi connectivity index (χ0) is 9.07. The Balaban J connectivity index is 3.54. The van der Waals surface area contributed by atoms with Crippen molar-refractivity contribution in [2.45, 2.75) is 46.6 Å². The molecule has 1 unspecified atom stereocenters. The van der Waals surface area contributed by atoms with E-state index in [4.69, 9.17) is 5.84 Å². The van der Waals surface area contributed by atoms with Crippen LogP contribution >= 0.6 is 0 Å². The molecule has 0 rings (SSSR count). The summed E-state index contributed by atoms with van der Waals surface area (Å²) < 4.78 is 0. The van der Waals surface area contributed by atoms with Crippen molar-refractivity contribution in [1.82, 2.24) is 5.01 Å². The van der Waals surface area contributed by atoms with E-state index in [1.165, 1.54) is 12.8 Å². The van der Waals surface area contributed by atoms with Gasteiger partial charge in [-0.05, 0) is 25.2 Å². The molecule has 68 valence electrons. The number of rotatable bonds is 3. The lowest BCUT2D eigenvalue weighted by Crippen LogP contribution is -2.35. The highest BCUT2D eigenvalue weighted by Gasteiger charge is 2.13. The number of nitrogens with two attached hydrogens (primary N) is 1. The first-order valence-corrected chi connectivity index (χ1v) is 4.30. The molecule has 0 bridgehead atoms. The van der Waals surface area contributed by atoms with Gasteiger partial charge in [0.1, 0.15) is 0 Å². The summed E-state index contributed by atoms with van der Waals surface area (Å²) in [5, 5.41) is 1.78. The van der Waals surface area contributed by atoms with Crippen molar-refractivity contribution in [3.05, 3.63) is 0 Å². The molecule has 2 heteroatoms. The van der Waals surface area contributed by atoms with Crippen molar-refractivity contribution in [2.75, 3.05) is 7.05 Å². The standard InChI is InChI=1S/C9H22N2/c1-8(11(5)10)6-7-9(2,3)4/h8H,6-7,10H2,1-5H3. The number of hydrogen-bond donors (Lipinski definition) is 1. The lowest BCUT2D eigenvalue weighted by Gasteiger charge is -2.24. The van der Waals surface area contributed by atoms with Gasteiger partial charge in [0.05, 0.1) is 0 Å². The SMILES string of the molecule is CC(CCC(C)(C)C)N(C)N. The Bertz CT molecular complexity index is 103. The molecule has 0 heterocycles. The van der Waals surface area contributed by atoms with Gasteiger partial charge in [-0.25, -0.2) is 5.01 Å². The maximum atomic E-state index is 5.60. The second-order valence-electron chi connectivity index (χ2n) is 4.61. The van der Waals surface area contributed by atoms with Gasteiger partial charge in [-0.15, -0.1) is 0 Å². The molecule has 2 N–H and O–H groups in total. The number of nitrogens with zero attached hydrogens (tertiary/aromatic N) is 1. The minimum absolute atomic E-state index is 0.435. The van der Waals surface area contributed by atoms with Crippen LogP contribution in [0.4, 0.5) is 0 Å². The van der Waals surface area contributed by atoms with Gasteiger partial charge in [-0.3, -0.25) is 5.84 Å². The van der Waals surface area contributed by atoms with Crippen molar-refractivity contribution < 1.29 is 0 Å². The van der Waals surface area contributed by atoms with Gasteiger partial charge in [0, 0.05) is 13.1 Å².